The summed E-state index contributed by atoms with van der Waals surface area (Å²) in [7, 11) is 0. The Morgan fingerprint density at radius 3 is 2.74 bits per heavy atom. The molecule has 0 amide bonds. The summed E-state index contributed by atoms with van der Waals surface area (Å²) in [4.78, 5) is 4.57. The van der Waals surface area contributed by atoms with Crippen molar-refractivity contribution in [2.75, 3.05) is 19.7 Å². The third-order valence-electron chi connectivity index (χ3n) is 3.58. The first-order valence-electron chi connectivity index (χ1n) is 8.45. The normalized spacial score (nSPS) is 11.1. The number of hydrogen-bond donors (Lipinski definition) is 2. The third kappa shape index (κ3) is 6.35. The largest absolute Gasteiger partial charge is 0.492 e. The topological polar surface area (TPSA) is 75.8 Å². The first-order chi connectivity index (χ1) is 12.8. The standard InChI is InChI=1S/C18H21BrN6O.HI/c1-2-20-18(21-10-12-26-15-8-6-14(19)7-9-15)22-13-17-24-23-16-5-3-4-11-25(16)17;/h3-9,11H,2,10,12-13H2,1H3,(H2,20,21,22);1H. The maximum absolute atomic E-state index is 5.71. The van der Waals surface area contributed by atoms with Gasteiger partial charge in [-0.2, -0.15) is 0 Å². The molecule has 144 valence electrons. The van der Waals surface area contributed by atoms with E-state index in [0.717, 1.165) is 34.2 Å². The molecule has 0 saturated heterocycles. The molecule has 0 aliphatic carbocycles. The van der Waals surface area contributed by atoms with Crippen LogP contribution in [0, 0.1) is 0 Å². The average Bonchev–Trinajstić information content (AvgIpc) is 3.08. The molecule has 1 aromatic carbocycles. The second-order valence-corrected chi connectivity index (χ2v) is 6.39. The van der Waals surface area contributed by atoms with Crippen LogP contribution in [-0.4, -0.2) is 40.3 Å². The minimum atomic E-state index is 0. The van der Waals surface area contributed by atoms with Crippen molar-refractivity contribution in [1.29, 1.82) is 0 Å². The predicted octanol–water partition coefficient (Wildman–Crippen LogP) is 3.24. The smallest absolute Gasteiger partial charge is 0.191 e. The number of aromatic nitrogens is 3. The number of halogens is 2. The van der Waals surface area contributed by atoms with Gasteiger partial charge in [0.25, 0.3) is 0 Å². The van der Waals surface area contributed by atoms with Crippen molar-refractivity contribution in [2.24, 2.45) is 4.99 Å². The highest BCUT2D eigenvalue weighted by Crippen LogP contribution is 2.15. The van der Waals surface area contributed by atoms with Gasteiger partial charge < -0.3 is 15.4 Å². The van der Waals surface area contributed by atoms with E-state index in [1.165, 1.54) is 0 Å². The van der Waals surface area contributed by atoms with Crippen LogP contribution in [0.2, 0.25) is 0 Å². The molecule has 0 aliphatic rings. The maximum atomic E-state index is 5.71. The molecule has 0 aliphatic heterocycles. The summed E-state index contributed by atoms with van der Waals surface area (Å²) in [6, 6.07) is 13.6. The Bertz CT molecular complexity index is 868. The van der Waals surface area contributed by atoms with Crippen LogP contribution < -0.4 is 15.4 Å². The zero-order chi connectivity index (χ0) is 18.2. The minimum absolute atomic E-state index is 0. The van der Waals surface area contributed by atoms with Gasteiger partial charge in [-0.25, -0.2) is 4.99 Å². The van der Waals surface area contributed by atoms with Gasteiger partial charge in [0.2, 0.25) is 0 Å². The molecular formula is C18H22BrIN6O. The van der Waals surface area contributed by atoms with Crippen LogP contribution in [0.5, 0.6) is 5.75 Å². The highest BCUT2D eigenvalue weighted by molar-refractivity contribution is 14.0. The summed E-state index contributed by atoms with van der Waals surface area (Å²) >= 11 is 3.41. The number of ether oxygens (including phenoxy) is 1. The van der Waals surface area contributed by atoms with Gasteiger partial charge in [0.1, 0.15) is 18.9 Å². The molecule has 0 atom stereocenters. The van der Waals surface area contributed by atoms with E-state index in [0.29, 0.717) is 19.7 Å². The maximum Gasteiger partial charge on any atom is 0.191 e. The zero-order valence-electron chi connectivity index (χ0n) is 14.9. The van der Waals surface area contributed by atoms with Gasteiger partial charge in [0.05, 0.1) is 6.54 Å². The number of hydrogen-bond acceptors (Lipinski definition) is 4. The van der Waals surface area contributed by atoms with Crippen molar-refractivity contribution in [3.8, 4) is 5.75 Å². The fraction of sp³-hybridized carbons (Fsp3) is 0.278. The Morgan fingerprint density at radius 2 is 1.96 bits per heavy atom. The molecule has 2 N–H and O–H groups in total. The Balaban J connectivity index is 0.00000261. The van der Waals surface area contributed by atoms with Crippen LogP contribution in [0.4, 0.5) is 0 Å². The lowest BCUT2D eigenvalue weighted by Gasteiger charge is -2.12. The Morgan fingerprint density at radius 1 is 1.15 bits per heavy atom. The lowest BCUT2D eigenvalue weighted by atomic mass is 10.3. The van der Waals surface area contributed by atoms with Crippen LogP contribution in [-0.2, 0) is 6.54 Å². The molecule has 2 aromatic heterocycles. The van der Waals surface area contributed by atoms with E-state index in [9.17, 15) is 0 Å². The predicted molar refractivity (Wildman–Crippen MR) is 121 cm³/mol. The number of fused-ring (bicyclic) bond motifs is 1. The van der Waals surface area contributed by atoms with Gasteiger partial charge in [-0.1, -0.05) is 22.0 Å². The fourth-order valence-electron chi connectivity index (χ4n) is 2.36. The first-order valence-corrected chi connectivity index (χ1v) is 9.25. The molecule has 0 fully saturated rings. The number of rotatable bonds is 7. The van der Waals surface area contributed by atoms with E-state index in [2.05, 4.69) is 41.8 Å². The van der Waals surface area contributed by atoms with Crippen molar-refractivity contribution in [3.63, 3.8) is 0 Å². The summed E-state index contributed by atoms with van der Waals surface area (Å²) in [5.74, 6) is 2.36. The van der Waals surface area contributed by atoms with E-state index >= 15 is 0 Å². The number of aliphatic imine (C=N–C) groups is 1. The van der Waals surface area contributed by atoms with E-state index in [1.54, 1.807) is 0 Å². The van der Waals surface area contributed by atoms with Crippen LogP contribution >= 0.6 is 39.9 Å². The number of guanidine groups is 1. The molecule has 0 unspecified atom stereocenters. The van der Waals surface area contributed by atoms with Crippen molar-refractivity contribution < 1.29 is 4.74 Å². The molecule has 3 rings (SSSR count). The second kappa shape index (κ2) is 11.1. The van der Waals surface area contributed by atoms with Crippen molar-refractivity contribution in [3.05, 3.63) is 59.0 Å². The van der Waals surface area contributed by atoms with Crippen molar-refractivity contribution in [1.82, 2.24) is 25.2 Å². The number of pyridine rings is 1. The SMILES string of the molecule is CCNC(=NCc1nnc2ccccn12)NCCOc1ccc(Br)cc1.I. The molecule has 0 spiro atoms. The molecule has 0 bridgehead atoms. The number of nitrogens with one attached hydrogen (secondary N) is 2. The van der Waals surface area contributed by atoms with Gasteiger partial charge in [0, 0.05) is 17.2 Å². The van der Waals surface area contributed by atoms with E-state index in [4.69, 9.17) is 4.74 Å². The summed E-state index contributed by atoms with van der Waals surface area (Å²) in [6.45, 7) is 4.43. The number of benzene rings is 1. The molecular weight excluding hydrogens is 523 g/mol. The van der Waals surface area contributed by atoms with Gasteiger partial charge in [0.15, 0.2) is 17.4 Å². The molecule has 3 aromatic rings. The fourth-order valence-corrected chi connectivity index (χ4v) is 2.62. The highest BCUT2D eigenvalue weighted by Gasteiger charge is 2.04. The molecule has 27 heavy (non-hydrogen) atoms. The van der Waals surface area contributed by atoms with Crippen LogP contribution in [0.3, 0.4) is 0 Å². The average molecular weight is 545 g/mol. The molecule has 0 saturated carbocycles. The highest BCUT2D eigenvalue weighted by atomic mass is 127. The van der Waals surface area contributed by atoms with E-state index < -0.39 is 0 Å². The van der Waals surface area contributed by atoms with Gasteiger partial charge in [-0.05, 0) is 43.3 Å². The summed E-state index contributed by atoms with van der Waals surface area (Å²) in [5.41, 5.74) is 0.818. The molecule has 2 heterocycles. The third-order valence-corrected chi connectivity index (χ3v) is 4.11. The Hall–Kier alpha value is -1.88. The van der Waals surface area contributed by atoms with Gasteiger partial charge in [-0.15, -0.1) is 34.2 Å². The first kappa shape index (κ1) is 21.4. The number of nitrogens with zero attached hydrogens (tertiary/aromatic N) is 4. The van der Waals surface area contributed by atoms with Crippen molar-refractivity contribution >= 4 is 51.5 Å². The Labute approximate surface area is 183 Å². The summed E-state index contributed by atoms with van der Waals surface area (Å²) in [6.07, 6.45) is 1.94. The van der Waals surface area contributed by atoms with Gasteiger partial charge >= 0.3 is 0 Å². The summed E-state index contributed by atoms with van der Waals surface area (Å²) in [5, 5.41) is 14.8. The minimum Gasteiger partial charge on any atom is -0.492 e. The second-order valence-electron chi connectivity index (χ2n) is 5.47. The lowest BCUT2D eigenvalue weighted by Crippen LogP contribution is -2.39. The molecule has 7 nitrogen and oxygen atoms in total. The quantitative estimate of drug-likeness (QED) is 0.207. The Kier molecular flexibility index (Phi) is 8.79. The summed E-state index contributed by atoms with van der Waals surface area (Å²) < 4.78 is 8.67. The van der Waals surface area contributed by atoms with Crippen LogP contribution in [0.25, 0.3) is 5.65 Å². The van der Waals surface area contributed by atoms with Gasteiger partial charge in [-0.3, -0.25) is 4.40 Å². The van der Waals surface area contributed by atoms with E-state index in [-0.39, 0.29) is 24.0 Å². The molecule has 9 heteroatoms. The van der Waals surface area contributed by atoms with E-state index in [1.807, 2.05) is 60.0 Å². The monoisotopic (exact) mass is 544 g/mol. The van der Waals surface area contributed by atoms with Crippen molar-refractivity contribution in [2.45, 2.75) is 13.5 Å². The van der Waals surface area contributed by atoms with Crippen LogP contribution in [0.15, 0.2) is 58.1 Å². The lowest BCUT2D eigenvalue weighted by molar-refractivity contribution is 0.322. The van der Waals surface area contributed by atoms with Crippen LogP contribution in [0.1, 0.15) is 12.7 Å². The zero-order valence-corrected chi connectivity index (χ0v) is 18.8. The molecule has 0 radical (unpaired) electrons.